The van der Waals surface area contributed by atoms with Gasteiger partial charge in [-0.25, -0.2) is 0 Å². The van der Waals surface area contributed by atoms with E-state index in [1.807, 2.05) is 0 Å². The van der Waals surface area contributed by atoms with E-state index in [1.165, 1.54) is 0 Å². The highest BCUT2D eigenvalue weighted by molar-refractivity contribution is 4.94. The first-order valence-corrected chi connectivity index (χ1v) is 5.83. The third kappa shape index (κ3) is 5.70. The summed E-state index contributed by atoms with van der Waals surface area (Å²) >= 11 is 0. The maximum Gasteiger partial charge on any atom is 0.411 e. The van der Waals surface area contributed by atoms with E-state index in [9.17, 15) is 13.2 Å². The molecule has 1 rings (SSSR count). The van der Waals surface area contributed by atoms with Crippen LogP contribution >= 0.6 is 0 Å². The SMILES string of the molecule is CCCNCC1(CCOCC(F)(F)F)CC1. The summed E-state index contributed by atoms with van der Waals surface area (Å²) in [4.78, 5) is 0. The molecule has 0 aromatic carbocycles. The van der Waals surface area contributed by atoms with Crippen molar-refractivity contribution in [3.63, 3.8) is 0 Å². The maximum absolute atomic E-state index is 11.8. The Labute approximate surface area is 94.5 Å². The molecule has 0 aromatic rings. The molecule has 0 aromatic heterocycles. The van der Waals surface area contributed by atoms with Crippen LogP contribution < -0.4 is 5.32 Å². The lowest BCUT2D eigenvalue weighted by Gasteiger charge is -2.16. The smallest absolute Gasteiger partial charge is 0.372 e. The van der Waals surface area contributed by atoms with Crippen molar-refractivity contribution in [2.45, 2.75) is 38.8 Å². The van der Waals surface area contributed by atoms with Gasteiger partial charge in [0.15, 0.2) is 0 Å². The quantitative estimate of drug-likeness (QED) is 0.658. The van der Waals surface area contributed by atoms with Gasteiger partial charge in [-0.3, -0.25) is 0 Å². The fourth-order valence-corrected chi connectivity index (χ4v) is 1.70. The summed E-state index contributed by atoms with van der Waals surface area (Å²) in [5.41, 5.74) is 0.223. The minimum Gasteiger partial charge on any atom is -0.372 e. The largest absolute Gasteiger partial charge is 0.411 e. The van der Waals surface area contributed by atoms with Gasteiger partial charge in [0.1, 0.15) is 6.61 Å². The van der Waals surface area contributed by atoms with Crippen molar-refractivity contribution >= 4 is 0 Å². The summed E-state index contributed by atoms with van der Waals surface area (Å²) in [7, 11) is 0. The Morgan fingerprint density at radius 3 is 2.50 bits per heavy atom. The first-order valence-electron chi connectivity index (χ1n) is 5.83. The standard InChI is InChI=1S/C11H20F3NO/c1-2-6-15-8-10(3-4-10)5-7-16-9-11(12,13)14/h15H,2-9H2,1H3. The van der Waals surface area contributed by atoms with Crippen LogP contribution in [-0.4, -0.2) is 32.5 Å². The van der Waals surface area contributed by atoms with E-state index in [0.29, 0.717) is 0 Å². The molecule has 0 amide bonds. The van der Waals surface area contributed by atoms with Gasteiger partial charge in [-0.2, -0.15) is 13.2 Å². The second kappa shape index (κ2) is 5.87. The molecule has 0 spiro atoms. The summed E-state index contributed by atoms with van der Waals surface area (Å²) in [6.07, 6.45) is -0.157. The van der Waals surface area contributed by atoms with Gasteiger partial charge in [-0.15, -0.1) is 0 Å². The molecule has 0 aliphatic heterocycles. The molecule has 1 aliphatic carbocycles. The number of alkyl halides is 3. The monoisotopic (exact) mass is 239 g/mol. The number of ether oxygens (including phenoxy) is 1. The lowest BCUT2D eigenvalue weighted by Crippen LogP contribution is -2.26. The van der Waals surface area contributed by atoms with Gasteiger partial charge in [0.25, 0.3) is 0 Å². The highest BCUT2D eigenvalue weighted by Crippen LogP contribution is 2.48. The Balaban J connectivity index is 2.04. The van der Waals surface area contributed by atoms with Crippen LogP contribution in [0, 0.1) is 5.41 Å². The van der Waals surface area contributed by atoms with Gasteiger partial charge >= 0.3 is 6.18 Å². The molecule has 0 atom stereocenters. The molecule has 1 saturated carbocycles. The van der Waals surface area contributed by atoms with Crippen LogP contribution in [-0.2, 0) is 4.74 Å². The third-order valence-corrected chi connectivity index (χ3v) is 2.93. The average molecular weight is 239 g/mol. The molecule has 0 heterocycles. The van der Waals surface area contributed by atoms with E-state index < -0.39 is 12.8 Å². The maximum atomic E-state index is 11.8. The minimum absolute atomic E-state index is 0.216. The van der Waals surface area contributed by atoms with E-state index in [0.717, 1.165) is 38.8 Å². The van der Waals surface area contributed by atoms with Crippen molar-refractivity contribution < 1.29 is 17.9 Å². The number of hydrogen-bond acceptors (Lipinski definition) is 2. The van der Waals surface area contributed by atoms with Crippen LogP contribution in [0.4, 0.5) is 13.2 Å². The molecule has 2 nitrogen and oxygen atoms in total. The fourth-order valence-electron chi connectivity index (χ4n) is 1.70. The van der Waals surface area contributed by atoms with E-state index in [-0.39, 0.29) is 12.0 Å². The highest BCUT2D eigenvalue weighted by Gasteiger charge is 2.41. The molecule has 1 fully saturated rings. The average Bonchev–Trinajstić information content (AvgIpc) is 2.93. The van der Waals surface area contributed by atoms with Crippen molar-refractivity contribution in [1.82, 2.24) is 5.32 Å². The Hall–Kier alpha value is -0.290. The van der Waals surface area contributed by atoms with Crippen molar-refractivity contribution in [3.8, 4) is 0 Å². The Morgan fingerprint density at radius 2 is 2.00 bits per heavy atom. The van der Waals surface area contributed by atoms with Gasteiger partial charge in [0.05, 0.1) is 0 Å². The van der Waals surface area contributed by atoms with E-state index in [4.69, 9.17) is 0 Å². The van der Waals surface area contributed by atoms with Crippen LogP contribution in [0.3, 0.4) is 0 Å². The molecule has 0 radical (unpaired) electrons. The lowest BCUT2D eigenvalue weighted by molar-refractivity contribution is -0.174. The van der Waals surface area contributed by atoms with Gasteiger partial charge in [-0.05, 0) is 37.6 Å². The van der Waals surface area contributed by atoms with Gasteiger partial charge in [0, 0.05) is 13.2 Å². The molecule has 0 saturated heterocycles. The first kappa shape index (κ1) is 13.8. The van der Waals surface area contributed by atoms with Gasteiger partial charge < -0.3 is 10.1 Å². The zero-order chi connectivity index (χ0) is 12.1. The summed E-state index contributed by atoms with van der Waals surface area (Å²) in [6, 6.07) is 0. The molecule has 1 N–H and O–H groups in total. The van der Waals surface area contributed by atoms with Crippen LogP contribution in [0.25, 0.3) is 0 Å². The van der Waals surface area contributed by atoms with Gasteiger partial charge in [0.2, 0.25) is 0 Å². The molecular weight excluding hydrogens is 219 g/mol. The summed E-state index contributed by atoms with van der Waals surface area (Å²) in [5.74, 6) is 0. The van der Waals surface area contributed by atoms with E-state index in [1.54, 1.807) is 0 Å². The molecule has 1 aliphatic rings. The predicted octanol–water partition coefficient (Wildman–Crippen LogP) is 2.74. The Kier molecular flexibility index (Phi) is 5.05. The van der Waals surface area contributed by atoms with E-state index >= 15 is 0 Å². The second-order valence-corrected chi connectivity index (χ2v) is 4.59. The normalized spacial score (nSPS) is 18.8. The van der Waals surface area contributed by atoms with Crippen LogP contribution in [0.1, 0.15) is 32.6 Å². The number of halogens is 3. The second-order valence-electron chi connectivity index (χ2n) is 4.59. The zero-order valence-corrected chi connectivity index (χ0v) is 9.70. The number of hydrogen-bond donors (Lipinski definition) is 1. The molecule has 0 unspecified atom stereocenters. The lowest BCUT2D eigenvalue weighted by atomic mass is 10.0. The Bertz CT molecular complexity index is 202. The van der Waals surface area contributed by atoms with Crippen molar-refractivity contribution in [1.29, 1.82) is 0 Å². The molecule has 5 heteroatoms. The molecule has 96 valence electrons. The number of nitrogens with one attached hydrogen (secondary N) is 1. The number of rotatable bonds is 8. The predicted molar refractivity (Wildman–Crippen MR) is 56.3 cm³/mol. The van der Waals surface area contributed by atoms with Crippen molar-refractivity contribution in [2.24, 2.45) is 5.41 Å². The van der Waals surface area contributed by atoms with Crippen LogP contribution in [0.5, 0.6) is 0 Å². The minimum atomic E-state index is -4.20. The van der Waals surface area contributed by atoms with Crippen LogP contribution in [0.2, 0.25) is 0 Å². The van der Waals surface area contributed by atoms with Crippen LogP contribution in [0.15, 0.2) is 0 Å². The summed E-state index contributed by atoms with van der Waals surface area (Å²) < 4.78 is 40.0. The molecule has 0 bridgehead atoms. The van der Waals surface area contributed by atoms with Crippen molar-refractivity contribution in [2.75, 3.05) is 26.3 Å². The van der Waals surface area contributed by atoms with Gasteiger partial charge in [-0.1, -0.05) is 6.92 Å². The zero-order valence-electron chi connectivity index (χ0n) is 9.70. The fraction of sp³-hybridized carbons (Fsp3) is 1.00. The topological polar surface area (TPSA) is 21.3 Å². The Morgan fingerprint density at radius 1 is 1.31 bits per heavy atom. The highest BCUT2D eigenvalue weighted by atomic mass is 19.4. The van der Waals surface area contributed by atoms with E-state index in [2.05, 4.69) is 17.0 Å². The third-order valence-electron chi connectivity index (χ3n) is 2.93. The summed E-state index contributed by atoms with van der Waals surface area (Å²) in [5, 5.41) is 3.32. The molecular formula is C11H20F3NO. The molecule has 16 heavy (non-hydrogen) atoms. The van der Waals surface area contributed by atoms with Crippen molar-refractivity contribution in [3.05, 3.63) is 0 Å². The summed E-state index contributed by atoms with van der Waals surface area (Å²) in [6.45, 7) is 3.08. The first-order chi connectivity index (χ1) is 7.47.